The van der Waals surface area contributed by atoms with E-state index in [0.29, 0.717) is 11.3 Å². The third kappa shape index (κ3) is 3.83. The lowest BCUT2D eigenvalue weighted by atomic mass is 10.1. The summed E-state index contributed by atoms with van der Waals surface area (Å²) in [4.78, 5) is 22.9. The first-order valence-electron chi connectivity index (χ1n) is 8.73. The van der Waals surface area contributed by atoms with Crippen molar-refractivity contribution in [2.75, 3.05) is 5.32 Å². The first-order chi connectivity index (χ1) is 13.4. The van der Waals surface area contributed by atoms with Gasteiger partial charge in [0.1, 0.15) is 0 Å². The van der Waals surface area contributed by atoms with E-state index in [1.165, 1.54) is 12.1 Å². The van der Waals surface area contributed by atoms with Crippen LogP contribution in [0.3, 0.4) is 0 Å². The molecule has 7 heteroatoms. The topological polar surface area (TPSA) is 90.1 Å². The van der Waals surface area contributed by atoms with Crippen LogP contribution in [0.2, 0.25) is 0 Å². The fraction of sp³-hybridized carbons (Fsp3) is 0.143. The summed E-state index contributed by atoms with van der Waals surface area (Å²) in [5.41, 5.74) is 4.32. The molecule has 7 nitrogen and oxygen atoms in total. The molecule has 0 radical (unpaired) electrons. The maximum absolute atomic E-state index is 12.3. The molecule has 0 aliphatic heterocycles. The van der Waals surface area contributed by atoms with Gasteiger partial charge in [0, 0.05) is 23.4 Å². The van der Waals surface area contributed by atoms with Gasteiger partial charge in [-0.05, 0) is 45.0 Å². The number of nitrogens with one attached hydrogen (secondary N) is 1. The Morgan fingerprint density at radius 2 is 1.82 bits per heavy atom. The molecule has 0 spiro atoms. The number of carbonyl (C=O) groups is 1. The van der Waals surface area contributed by atoms with E-state index in [9.17, 15) is 14.9 Å². The van der Waals surface area contributed by atoms with Crippen LogP contribution in [0.4, 0.5) is 11.4 Å². The minimum atomic E-state index is -0.467. The van der Waals surface area contributed by atoms with Crippen molar-refractivity contribution in [3.05, 3.63) is 87.2 Å². The van der Waals surface area contributed by atoms with Crippen molar-refractivity contribution in [3.63, 3.8) is 0 Å². The largest absolute Gasteiger partial charge is 0.322 e. The van der Waals surface area contributed by atoms with Crippen LogP contribution in [0.15, 0.2) is 54.6 Å². The molecule has 1 heterocycles. The Bertz CT molecular complexity index is 1070. The Balaban J connectivity index is 1.81. The summed E-state index contributed by atoms with van der Waals surface area (Å²) in [6, 6.07) is 14.3. The van der Waals surface area contributed by atoms with Gasteiger partial charge in [0.15, 0.2) is 0 Å². The third-order valence-electron chi connectivity index (χ3n) is 4.51. The van der Waals surface area contributed by atoms with Crippen molar-refractivity contribution >= 4 is 23.4 Å². The summed E-state index contributed by atoms with van der Waals surface area (Å²) in [5.74, 6) is -0.366. The Hall–Kier alpha value is -3.74. The zero-order chi connectivity index (χ0) is 20.3. The zero-order valence-corrected chi connectivity index (χ0v) is 15.8. The number of hydrogen-bond donors (Lipinski definition) is 1. The molecule has 28 heavy (non-hydrogen) atoms. The normalized spacial score (nSPS) is 11.0. The molecular weight excluding hydrogens is 356 g/mol. The molecule has 1 N–H and O–H groups in total. The second kappa shape index (κ2) is 7.87. The van der Waals surface area contributed by atoms with Crippen LogP contribution in [0, 0.1) is 30.9 Å². The predicted octanol–water partition coefficient (Wildman–Crippen LogP) is 4.36. The smallest absolute Gasteiger partial charge is 0.274 e. The Kier molecular flexibility index (Phi) is 5.35. The van der Waals surface area contributed by atoms with E-state index in [1.54, 1.807) is 25.1 Å². The van der Waals surface area contributed by atoms with Crippen LogP contribution in [-0.2, 0) is 4.79 Å². The van der Waals surface area contributed by atoms with Gasteiger partial charge in [0.2, 0.25) is 5.91 Å². The number of hydrogen-bond acceptors (Lipinski definition) is 4. The minimum absolute atomic E-state index is 0.0300. The highest BCUT2D eigenvalue weighted by Gasteiger charge is 2.14. The van der Waals surface area contributed by atoms with Crippen molar-refractivity contribution in [2.45, 2.75) is 20.8 Å². The van der Waals surface area contributed by atoms with Crippen LogP contribution in [0.25, 0.3) is 11.8 Å². The molecule has 2 aromatic carbocycles. The number of amides is 1. The number of aryl methyl sites for hydroxylation is 1. The first-order valence-corrected chi connectivity index (χ1v) is 8.73. The van der Waals surface area contributed by atoms with Crippen LogP contribution in [0.5, 0.6) is 0 Å². The maximum Gasteiger partial charge on any atom is 0.274 e. The molecule has 0 saturated heterocycles. The number of aromatic nitrogens is 2. The van der Waals surface area contributed by atoms with Crippen molar-refractivity contribution in [1.29, 1.82) is 0 Å². The Labute approximate surface area is 162 Å². The molecule has 0 aliphatic carbocycles. The zero-order valence-electron chi connectivity index (χ0n) is 15.8. The van der Waals surface area contributed by atoms with Gasteiger partial charge in [-0.2, -0.15) is 5.10 Å². The highest BCUT2D eigenvalue weighted by molar-refractivity contribution is 6.02. The Morgan fingerprint density at radius 1 is 1.11 bits per heavy atom. The van der Waals surface area contributed by atoms with Gasteiger partial charge in [-0.3, -0.25) is 14.9 Å². The van der Waals surface area contributed by atoms with Crippen LogP contribution in [-0.4, -0.2) is 20.6 Å². The van der Waals surface area contributed by atoms with Crippen molar-refractivity contribution in [1.82, 2.24) is 9.78 Å². The standard InChI is InChI=1S/C21H20N4O3/c1-14-19(10-7-11-20(14)25(27)28)22-21(26)13-12-18-15(2)23-24(16(18)3)17-8-5-4-6-9-17/h4-13H,1-3H3,(H,22,26)/b13-12+. The molecule has 1 aromatic heterocycles. The van der Waals surface area contributed by atoms with E-state index in [1.807, 2.05) is 48.9 Å². The van der Waals surface area contributed by atoms with Gasteiger partial charge < -0.3 is 5.32 Å². The highest BCUT2D eigenvalue weighted by atomic mass is 16.6. The van der Waals surface area contributed by atoms with E-state index in [0.717, 1.165) is 22.6 Å². The first kappa shape index (κ1) is 19.0. The number of nitrogens with zero attached hydrogens (tertiary/aromatic N) is 3. The predicted molar refractivity (Wildman–Crippen MR) is 109 cm³/mol. The SMILES string of the molecule is Cc1nn(-c2ccccc2)c(C)c1/C=C/C(=O)Nc1cccc([N+](=O)[O-])c1C. The van der Waals surface area contributed by atoms with Crippen LogP contribution in [0.1, 0.15) is 22.5 Å². The maximum atomic E-state index is 12.3. The summed E-state index contributed by atoms with van der Waals surface area (Å²) in [5, 5.41) is 18.3. The highest BCUT2D eigenvalue weighted by Crippen LogP contribution is 2.25. The van der Waals surface area contributed by atoms with E-state index in [4.69, 9.17) is 0 Å². The van der Waals surface area contributed by atoms with Gasteiger partial charge in [-0.15, -0.1) is 0 Å². The third-order valence-corrected chi connectivity index (χ3v) is 4.51. The van der Waals surface area contributed by atoms with Crippen molar-refractivity contribution < 1.29 is 9.72 Å². The number of carbonyl (C=O) groups excluding carboxylic acids is 1. The second-order valence-electron chi connectivity index (χ2n) is 6.36. The molecule has 0 saturated carbocycles. The molecule has 3 rings (SSSR count). The second-order valence-corrected chi connectivity index (χ2v) is 6.36. The number of para-hydroxylation sites is 1. The molecule has 1 amide bonds. The fourth-order valence-corrected chi connectivity index (χ4v) is 3.01. The summed E-state index contributed by atoms with van der Waals surface area (Å²) < 4.78 is 1.83. The van der Waals surface area contributed by atoms with Crippen LogP contribution < -0.4 is 5.32 Å². The monoisotopic (exact) mass is 376 g/mol. The molecule has 0 aliphatic rings. The number of anilines is 1. The lowest BCUT2D eigenvalue weighted by molar-refractivity contribution is -0.385. The Morgan fingerprint density at radius 3 is 2.50 bits per heavy atom. The minimum Gasteiger partial charge on any atom is -0.322 e. The molecule has 142 valence electrons. The van der Waals surface area contributed by atoms with E-state index in [2.05, 4.69) is 10.4 Å². The van der Waals surface area contributed by atoms with Gasteiger partial charge >= 0.3 is 0 Å². The average Bonchev–Trinajstić information content (AvgIpc) is 2.96. The lowest BCUT2D eigenvalue weighted by Crippen LogP contribution is -2.09. The average molecular weight is 376 g/mol. The van der Waals surface area contributed by atoms with E-state index in [-0.39, 0.29) is 11.6 Å². The van der Waals surface area contributed by atoms with Gasteiger partial charge in [-0.1, -0.05) is 24.3 Å². The van der Waals surface area contributed by atoms with Crippen molar-refractivity contribution in [3.8, 4) is 5.69 Å². The van der Waals surface area contributed by atoms with Gasteiger partial charge in [0.05, 0.1) is 27.6 Å². The number of benzene rings is 2. The number of nitro groups is 1. The van der Waals surface area contributed by atoms with E-state index < -0.39 is 4.92 Å². The molecule has 0 atom stereocenters. The fourth-order valence-electron chi connectivity index (χ4n) is 3.01. The van der Waals surface area contributed by atoms with Gasteiger partial charge in [-0.25, -0.2) is 4.68 Å². The van der Waals surface area contributed by atoms with Crippen LogP contribution >= 0.6 is 0 Å². The summed E-state index contributed by atoms with van der Waals surface area (Å²) in [6.07, 6.45) is 3.11. The van der Waals surface area contributed by atoms with Gasteiger partial charge in [0.25, 0.3) is 5.69 Å². The molecule has 0 fully saturated rings. The summed E-state index contributed by atoms with van der Waals surface area (Å²) in [7, 11) is 0. The summed E-state index contributed by atoms with van der Waals surface area (Å²) >= 11 is 0. The molecule has 3 aromatic rings. The summed E-state index contributed by atoms with van der Waals surface area (Å²) in [6.45, 7) is 5.43. The molecule has 0 bridgehead atoms. The lowest BCUT2D eigenvalue weighted by Gasteiger charge is -2.06. The quantitative estimate of drug-likeness (QED) is 0.407. The molecular formula is C21H20N4O3. The number of nitro benzene ring substituents is 1. The number of rotatable bonds is 5. The van der Waals surface area contributed by atoms with Crippen molar-refractivity contribution in [2.24, 2.45) is 0 Å². The van der Waals surface area contributed by atoms with E-state index >= 15 is 0 Å². The molecule has 0 unspecified atom stereocenters.